The van der Waals surface area contributed by atoms with E-state index in [1.807, 2.05) is 20.9 Å². The molecule has 0 saturated carbocycles. The van der Waals surface area contributed by atoms with Crippen LogP contribution in [0.1, 0.15) is 26.7 Å². The van der Waals surface area contributed by atoms with E-state index in [1.54, 1.807) is 4.90 Å². The highest BCUT2D eigenvalue weighted by Crippen LogP contribution is 2.01. The van der Waals surface area contributed by atoms with Gasteiger partial charge in [-0.3, -0.25) is 4.79 Å². The van der Waals surface area contributed by atoms with Crippen molar-refractivity contribution in [3.05, 3.63) is 0 Å². The van der Waals surface area contributed by atoms with Gasteiger partial charge in [-0.2, -0.15) is 0 Å². The molecule has 0 spiro atoms. The van der Waals surface area contributed by atoms with Crippen LogP contribution < -0.4 is 0 Å². The summed E-state index contributed by atoms with van der Waals surface area (Å²) in [5, 5.41) is 0.155. The molecular formula is C8H16ClNO. The highest BCUT2D eigenvalue weighted by molar-refractivity contribution is 6.20. The number of rotatable bonds is 4. The molecule has 0 bridgehead atoms. The Hall–Kier alpha value is -0.240. The fraction of sp³-hybridized carbons (Fsp3) is 0.875. The quantitative estimate of drug-likeness (QED) is 0.601. The van der Waals surface area contributed by atoms with Crippen molar-refractivity contribution in [2.45, 2.75) is 32.1 Å². The van der Waals surface area contributed by atoms with E-state index in [2.05, 4.69) is 0 Å². The molecule has 0 aromatic heterocycles. The summed E-state index contributed by atoms with van der Waals surface area (Å²) in [6, 6.07) is 0. The van der Waals surface area contributed by atoms with Crippen molar-refractivity contribution in [2.75, 3.05) is 13.6 Å². The van der Waals surface area contributed by atoms with Gasteiger partial charge in [0.05, 0.1) is 0 Å². The number of hydrogen-bond acceptors (Lipinski definition) is 1. The summed E-state index contributed by atoms with van der Waals surface area (Å²) in [6.07, 6.45) is 1.44. The molecule has 0 aliphatic rings. The van der Waals surface area contributed by atoms with Crippen LogP contribution in [-0.4, -0.2) is 29.8 Å². The monoisotopic (exact) mass is 177 g/mol. The highest BCUT2D eigenvalue weighted by Gasteiger charge is 2.05. The van der Waals surface area contributed by atoms with Gasteiger partial charge in [0.2, 0.25) is 5.91 Å². The van der Waals surface area contributed by atoms with Gasteiger partial charge in [-0.25, -0.2) is 0 Å². The molecule has 3 heteroatoms. The van der Waals surface area contributed by atoms with Gasteiger partial charge in [-0.15, -0.1) is 11.6 Å². The Morgan fingerprint density at radius 2 is 2.18 bits per heavy atom. The fourth-order valence-electron chi connectivity index (χ4n) is 0.766. The summed E-state index contributed by atoms with van der Waals surface area (Å²) < 4.78 is 0. The first kappa shape index (κ1) is 10.8. The summed E-state index contributed by atoms with van der Waals surface area (Å²) >= 11 is 5.73. The standard InChI is InChI=1S/C8H16ClNO/c1-4-8(11)10(3)6-5-7(2)9/h7H,4-6H2,1-3H3. The first-order valence-corrected chi connectivity index (χ1v) is 4.39. The second kappa shape index (κ2) is 5.42. The minimum Gasteiger partial charge on any atom is -0.346 e. The third kappa shape index (κ3) is 5.08. The molecule has 11 heavy (non-hydrogen) atoms. The van der Waals surface area contributed by atoms with Gasteiger partial charge in [0.15, 0.2) is 0 Å². The number of amides is 1. The number of alkyl halides is 1. The molecule has 0 aliphatic carbocycles. The Morgan fingerprint density at radius 3 is 2.55 bits per heavy atom. The molecule has 0 radical (unpaired) electrons. The molecule has 0 aromatic rings. The smallest absolute Gasteiger partial charge is 0.222 e. The number of carbonyl (C=O) groups is 1. The molecule has 1 atom stereocenters. The highest BCUT2D eigenvalue weighted by atomic mass is 35.5. The lowest BCUT2D eigenvalue weighted by Gasteiger charge is -2.16. The lowest BCUT2D eigenvalue weighted by atomic mass is 10.3. The Labute approximate surface area is 73.5 Å². The topological polar surface area (TPSA) is 20.3 Å². The van der Waals surface area contributed by atoms with Crippen LogP contribution in [0.5, 0.6) is 0 Å². The molecule has 0 heterocycles. The Balaban J connectivity index is 3.52. The average Bonchev–Trinajstić information content (AvgIpc) is 1.98. The zero-order valence-electron chi connectivity index (χ0n) is 7.43. The SMILES string of the molecule is CCC(=O)N(C)CCC(C)Cl. The van der Waals surface area contributed by atoms with Gasteiger partial charge in [0.1, 0.15) is 0 Å². The lowest BCUT2D eigenvalue weighted by Crippen LogP contribution is -2.27. The molecular weight excluding hydrogens is 162 g/mol. The molecule has 0 N–H and O–H groups in total. The minimum absolute atomic E-state index is 0.155. The first-order valence-electron chi connectivity index (χ1n) is 3.96. The van der Waals surface area contributed by atoms with E-state index in [4.69, 9.17) is 11.6 Å². The summed E-state index contributed by atoms with van der Waals surface area (Å²) in [7, 11) is 1.81. The molecule has 0 saturated heterocycles. The van der Waals surface area contributed by atoms with Crippen molar-refractivity contribution in [3.8, 4) is 0 Å². The van der Waals surface area contributed by atoms with E-state index in [-0.39, 0.29) is 11.3 Å². The Morgan fingerprint density at radius 1 is 1.64 bits per heavy atom. The third-order valence-electron chi connectivity index (χ3n) is 1.59. The number of carbonyl (C=O) groups excluding carboxylic acids is 1. The summed E-state index contributed by atoms with van der Waals surface area (Å²) in [5.41, 5.74) is 0. The molecule has 66 valence electrons. The third-order valence-corrected chi connectivity index (χ3v) is 1.81. The molecule has 0 aromatic carbocycles. The van der Waals surface area contributed by atoms with Crippen LogP contribution in [-0.2, 0) is 4.79 Å². The fourth-order valence-corrected chi connectivity index (χ4v) is 0.864. The summed E-state index contributed by atoms with van der Waals surface area (Å²) in [6.45, 7) is 4.56. The van der Waals surface area contributed by atoms with E-state index < -0.39 is 0 Å². The second-order valence-corrected chi connectivity index (χ2v) is 3.48. The Kier molecular flexibility index (Phi) is 5.30. The second-order valence-electron chi connectivity index (χ2n) is 2.74. The minimum atomic E-state index is 0.155. The molecule has 2 nitrogen and oxygen atoms in total. The van der Waals surface area contributed by atoms with E-state index >= 15 is 0 Å². The van der Waals surface area contributed by atoms with Crippen molar-refractivity contribution in [2.24, 2.45) is 0 Å². The normalized spacial score (nSPS) is 12.7. The maximum atomic E-state index is 11.0. The van der Waals surface area contributed by atoms with Gasteiger partial charge in [0, 0.05) is 25.4 Å². The van der Waals surface area contributed by atoms with Gasteiger partial charge in [-0.05, 0) is 13.3 Å². The van der Waals surface area contributed by atoms with E-state index in [9.17, 15) is 4.79 Å². The van der Waals surface area contributed by atoms with Crippen LogP contribution in [0.2, 0.25) is 0 Å². The van der Waals surface area contributed by atoms with Crippen LogP contribution in [0.15, 0.2) is 0 Å². The van der Waals surface area contributed by atoms with Crippen molar-refractivity contribution >= 4 is 17.5 Å². The predicted octanol–water partition coefficient (Wildman–Crippen LogP) is 1.87. The van der Waals surface area contributed by atoms with E-state index in [0.717, 1.165) is 13.0 Å². The van der Waals surface area contributed by atoms with Crippen LogP contribution in [0.3, 0.4) is 0 Å². The molecule has 0 fully saturated rings. The predicted molar refractivity (Wildman–Crippen MR) is 47.9 cm³/mol. The number of halogens is 1. The van der Waals surface area contributed by atoms with E-state index in [0.29, 0.717) is 6.42 Å². The zero-order valence-corrected chi connectivity index (χ0v) is 8.19. The van der Waals surface area contributed by atoms with Crippen molar-refractivity contribution in [1.29, 1.82) is 0 Å². The average molecular weight is 178 g/mol. The maximum Gasteiger partial charge on any atom is 0.222 e. The van der Waals surface area contributed by atoms with Gasteiger partial charge in [-0.1, -0.05) is 6.92 Å². The van der Waals surface area contributed by atoms with Crippen LogP contribution in [0.25, 0.3) is 0 Å². The van der Waals surface area contributed by atoms with E-state index in [1.165, 1.54) is 0 Å². The van der Waals surface area contributed by atoms with Crippen LogP contribution in [0, 0.1) is 0 Å². The largest absolute Gasteiger partial charge is 0.346 e. The number of nitrogens with zero attached hydrogens (tertiary/aromatic N) is 1. The Bertz CT molecular complexity index is 125. The summed E-state index contributed by atoms with van der Waals surface area (Å²) in [4.78, 5) is 12.7. The van der Waals surface area contributed by atoms with Gasteiger partial charge < -0.3 is 4.90 Å². The number of hydrogen-bond donors (Lipinski definition) is 0. The van der Waals surface area contributed by atoms with Crippen LogP contribution in [0.4, 0.5) is 0 Å². The van der Waals surface area contributed by atoms with Crippen LogP contribution >= 0.6 is 11.6 Å². The van der Waals surface area contributed by atoms with Crippen molar-refractivity contribution in [3.63, 3.8) is 0 Å². The molecule has 0 rings (SSSR count). The molecule has 1 unspecified atom stereocenters. The molecule has 1 amide bonds. The van der Waals surface area contributed by atoms with Crippen molar-refractivity contribution < 1.29 is 4.79 Å². The van der Waals surface area contributed by atoms with Crippen molar-refractivity contribution in [1.82, 2.24) is 4.90 Å². The van der Waals surface area contributed by atoms with Gasteiger partial charge in [0.25, 0.3) is 0 Å². The molecule has 0 aliphatic heterocycles. The summed E-state index contributed by atoms with van der Waals surface area (Å²) in [5.74, 6) is 0.183. The van der Waals surface area contributed by atoms with Gasteiger partial charge >= 0.3 is 0 Å². The first-order chi connectivity index (χ1) is 5.07. The maximum absolute atomic E-state index is 11.0. The zero-order chi connectivity index (χ0) is 8.85. The lowest BCUT2D eigenvalue weighted by molar-refractivity contribution is -0.129.